The molecule has 0 aromatic carbocycles. The number of hydrogen-bond donors (Lipinski definition) is 2. The normalized spacial score (nSPS) is 10.3. The molecule has 0 aliphatic carbocycles. The molecule has 0 aliphatic rings. The number of aryl methyl sites for hydroxylation is 1. The minimum atomic E-state index is -0.864. The number of nitrogens with one attached hydrogen (secondary N) is 1. The van der Waals surface area contributed by atoms with Gasteiger partial charge in [-0.2, -0.15) is 0 Å². The zero-order valence-corrected chi connectivity index (χ0v) is 12.3. The maximum atomic E-state index is 12.1. The minimum absolute atomic E-state index is 0.0445. The average molecular weight is 305 g/mol. The molecule has 0 saturated carbocycles. The Morgan fingerprint density at radius 1 is 1.43 bits per heavy atom. The molecule has 0 fully saturated rings. The van der Waals surface area contributed by atoms with Gasteiger partial charge in [0.05, 0.1) is 5.69 Å². The van der Waals surface area contributed by atoms with Gasteiger partial charge in [0.15, 0.2) is 0 Å². The molecular formula is C14H15N3O3S. The molecule has 0 radical (unpaired) electrons. The van der Waals surface area contributed by atoms with E-state index in [0.29, 0.717) is 23.5 Å². The van der Waals surface area contributed by atoms with E-state index >= 15 is 0 Å². The summed E-state index contributed by atoms with van der Waals surface area (Å²) in [5.41, 5.74) is 1.53. The lowest BCUT2D eigenvalue weighted by Gasteiger charge is -2.02. The van der Waals surface area contributed by atoms with E-state index in [1.54, 1.807) is 19.3 Å². The number of carbonyl (C=O) groups excluding carboxylic acids is 1. The number of aromatic nitrogens is 2. The van der Waals surface area contributed by atoms with Crippen molar-refractivity contribution in [1.29, 1.82) is 0 Å². The van der Waals surface area contributed by atoms with E-state index in [1.165, 1.54) is 11.3 Å². The number of carboxylic acids is 1. The molecule has 0 atom stereocenters. The summed E-state index contributed by atoms with van der Waals surface area (Å²) in [6.07, 6.45) is 3.84. The van der Waals surface area contributed by atoms with Gasteiger partial charge in [-0.05, 0) is 25.5 Å². The summed E-state index contributed by atoms with van der Waals surface area (Å²) in [5.74, 6) is -1.08. The summed E-state index contributed by atoms with van der Waals surface area (Å²) in [7, 11) is 0. The second kappa shape index (κ2) is 6.94. The number of aliphatic carboxylic acids is 1. The number of rotatable bonds is 6. The minimum Gasteiger partial charge on any atom is -0.481 e. The van der Waals surface area contributed by atoms with E-state index in [1.807, 2.05) is 12.1 Å². The highest BCUT2D eigenvalue weighted by Crippen LogP contribution is 2.27. The molecule has 0 saturated heterocycles. The van der Waals surface area contributed by atoms with Crippen molar-refractivity contribution in [3.8, 4) is 10.6 Å². The van der Waals surface area contributed by atoms with Crippen LogP contribution >= 0.6 is 11.3 Å². The monoisotopic (exact) mass is 305 g/mol. The summed E-state index contributed by atoms with van der Waals surface area (Å²) < 4.78 is 0. The Kier molecular flexibility index (Phi) is 4.99. The Hall–Kier alpha value is -2.28. The maximum absolute atomic E-state index is 12.1. The molecule has 0 spiro atoms. The third-order valence-electron chi connectivity index (χ3n) is 2.76. The first-order chi connectivity index (χ1) is 10.1. The topological polar surface area (TPSA) is 92.2 Å². The summed E-state index contributed by atoms with van der Waals surface area (Å²) in [6, 6.07) is 3.71. The zero-order valence-electron chi connectivity index (χ0n) is 11.5. The molecule has 1 amide bonds. The van der Waals surface area contributed by atoms with Gasteiger partial charge in [-0.3, -0.25) is 14.6 Å². The van der Waals surface area contributed by atoms with Crippen LogP contribution in [0.1, 0.15) is 28.2 Å². The molecule has 2 rings (SSSR count). The molecule has 0 aliphatic heterocycles. The number of carboxylic acid groups (broad SMARTS) is 1. The van der Waals surface area contributed by atoms with E-state index in [4.69, 9.17) is 5.11 Å². The maximum Gasteiger partial charge on any atom is 0.303 e. The van der Waals surface area contributed by atoms with Gasteiger partial charge in [0.25, 0.3) is 5.91 Å². The second-order valence-electron chi connectivity index (χ2n) is 4.43. The van der Waals surface area contributed by atoms with Crippen molar-refractivity contribution in [2.75, 3.05) is 6.54 Å². The van der Waals surface area contributed by atoms with Gasteiger partial charge in [-0.15, -0.1) is 11.3 Å². The Morgan fingerprint density at radius 3 is 2.90 bits per heavy atom. The first-order valence-corrected chi connectivity index (χ1v) is 7.27. The smallest absolute Gasteiger partial charge is 0.303 e. The van der Waals surface area contributed by atoms with Gasteiger partial charge in [0.2, 0.25) is 0 Å². The lowest BCUT2D eigenvalue weighted by molar-refractivity contribution is -0.137. The number of thiazole rings is 1. The molecule has 7 heteroatoms. The van der Waals surface area contributed by atoms with Crippen molar-refractivity contribution in [3.05, 3.63) is 35.1 Å². The number of amides is 1. The van der Waals surface area contributed by atoms with Gasteiger partial charge in [0, 0.05) is 30.9 Å². The highest BCUT2D eigenvalue weighted by molar-refractivity contribution is 7.17. The van der Waals surface area contributed by atoms with Crippen molar-refractivity contribution >= 4 is 23.2 Å². The van der Waals surface area contributed by atoms with Gasteiger partial charge in [-0.25, -0.2) is 4.98 Å². The molecule has 110 valence electrons. The van der Waals surface area contributed by atoms with Crippen molar-refractivity contribution in [2.24, 2.45) is 0 Å². The highest BCUT2D eigenvalue weighted by Gasteiger charge is 2.15. The van der Waals surface area contributed by atoms with Gasteiger partial charge < -0.3 is 10.4 Å². The third-order valence-corrected chi connectivity index (χ3v) is 3.97. The van der Waals surface area contributed by atoms with Gasteiger partial charge in [0.1, 0.15) is 9.88 Å². The summed E-state index contributed by atoms with van der Waals surface area (Å²) in [6.45, 7) is 2.12. The van der Waals surface area contributed by atoms with Crippen LogP contribution in [0.5, 0.6) is 0 Å². The van der Waals surface area contributed by atoms with Crippen molar-refractivity contribution in [3.63, 3.8) is 0 Å². The predicted octanol–water partition coefficient (Wildman–Crippen LogP) is 2.11. The lowest BCUT2D eigenvalue weighted by Crippen LogP contribution is -2.24. The molecule has 2 aromatic heterocycles. The van der Waals surface area contributed by atoms with E-state index in [0.717, 1.165) is 10.6 Å². The van der Waals surface area contributed by atoms with Crippen molar-refractivity contribution < 1.29 is 14.7 Å². The van der Waals surface area contributed by atoms with Crippen LogP contribution in [0.15, 0.2) is 24.5 Å². The second-order valence-corrected chi connectivity index (χ2v) is 5.43. The summed E-state index contributed by atoms with van der Waals surface area (Å²) in [4.78, 5) is 31.4. The molecule has 21 heavy (non-hydrogen) atoms. The SMILES string of the molecule is Cc1nc(-c2cccnc2)sc1C(=O)NCCCC(=O)O. The van der Waals surface area contributed by atoms with Crippen LogP contribution < -0.4 is 5.32 Å². The highest BCUT2D eigenvalue weighted by atomic mass is 32.1. The van der Waals surface area contributed by atoms with Gasteiger partial charge in [-0.1, -0.05) is 0 Å². The molecule has 2 aromatic rings. The Bertz CT molecular complexity index is 640. The number of hydrogen-bond acceptors (Lipinski definition) is 5. The van der Waals surface area contributed by atoms with Crippen LogP contribution in [-0.4, -0.2) is 33.5 Å². The van der Waals surface area contributed by atoms with Crippen molar-refractivity contribution in [1.82, 2.24) is 15.3 Å². The first kappa shape index (κ1) is 15.1. The van der Waals surface area contributed by atoms with Crippen LogP contribution in [0.3, 0.4) is 0 Å². The fourth-order valence-corrected chi connectivity index (χ4v) is 2.71. The number of nitrogens with zero attached hydrogens (tertiary/aromatic N) is 2. The average Bonchev–Trinajstić information content (AvgIpc) is 2.86. The summed E-state index contributed by atoms with van der Waals surface area (Å²) >= 11 is 1.31. The van der Waals surface area contributed by atoms with Gasteiger partial charge >= 0.3 is 5.97 Å². The van der Waals surface area contributed by atoms with Crippen LogP contribution in [0.4, 0.5) is 0 Å². The lowest BCUT2D eigenvalue weighted by atomic mass is 10.3. The molecule has 2 N–H and O–H groups in total. The molecule has 0 bridgehead atoms. The number of carbonyl (C=O) groups is 2. The van der Waals surface area contributed by atoms with Crippen LogP contribution in [-0.2, 0) is 4.79 Å². The molecule has 6 nitrogen and oxygen atoms in total. The Labute approximate surface area is 125 Å². The molecule has 2 heterocycles. The van der Waals surface area contributed by atoms with Crippen LogP contribution in [0.25, 0.3) is 10.6 Å². The molecule has 0 unspecified atom stereocenters. The zero-order chi connectivity index (χ0) is 15.2. The fraction of sp³-hybridized carbons (Fsp3) is 0.286. The largest absolute Gasteiger partial charge is 0.481 e. The van der Waals surface area contributed by atoms with E-state index in [9.17, 15) is 9.59 Å². The Balaban J connectivity index is 2.02. The summed E-state index contributed by atoms with van der Waals surface area (Å²) in [5, 5.41) is 12.0. The van der Waals surface area contributed by atoms with Crippen molar-refractivity contribution in [2.45, 2.75) is 19.8 Å². The standard InChI is InChI=1S/C14H15N3O3S/c1-9-12(13(20)16-7-3-5-11(18)19)21-14(17-9)10-4-2-6-15-8-10/h2,4,6,8H,3,5,7H2,1H3,(H,16,20)(H,18,19). The predicted molar refractivity (Wildman–Crippen MR) is 79.3 cm³/mol. The Morgan fingerprint density at radius 2 is 2.24 bits per heavy atom. The van der Waals surface area contributed by atoms with Crippen LogP contribution in [0.2, 0.25) is 0 Å². The fourth-order valence-electron chi connectivity index (χ4n) is 1.74. The molecular weight excluding hydrogens is 290 g/mol. The van der Waals surface area contributed by atoms with E-state index in [2.05, 4.69) is 15.3 Å². The number of pyridine rings is 1. The third kappa shape index (κ3) is 4.09. The van der Waals surface area contributed by atoms with E-state index < -0.39 is 5.97 Å². The van der Waals surface area contributed by atoms with Crippen LogP contribution in [0, 0.1) is 6.92 Å². The quantitative estimate of drug-likeness (QED) is 0.797. The first-order valence-electron chi connectivity index (χ1n) is 6.45. The van der Waals surface area contributed by atoms with E-state index in [-0.39, 0.29) is 12.3 Å².